The molecule has 2 heterocycles. The topological polar surface area (TPSA) is 45.3 Å². The number of rotatable bonds is 2. The average Bonchev–Trinajstić information content (AvgIpc) is 2.69. The lowest BCUT2D eigenvalue weighted by molar-refractivity contribution is 0.0646. The fourth-order valence-corrected chi connectivity index (χ4v) is 2.11. The average molecular weight is 230 g/mol. The Hall–Kier alpha value is -1.97. The molecule has 0 atom stereocenters. The van der Waals surface area contributed by atoms with Crippen LogP contribution in [0, 0.1) is 0 Å². The number of likely N-dealkylation sites (tertiary alicyclic amines) is 1. The molecule has 1 aromatic heterocycles. The van der Waals surface area contributed by atoms with Crippen molar-refractivity contribution in [1.82, 2.24) is 9.88 Å². The van der Waals surface area contributed by atoms with Crippen LogP contribution in [-0.2, 0) is 0 Å². The van der Waals surface area contributed by atoms with Gasteiger partial charge in [-0.25, -0.2) is 0 Å². The van der Waals surface area contributed by atoms with E-state index < -0.39 is 0 Å². The molecule has 0 bridgehead atoms. The minimum atomic E-state index is 0.0782. The van der Waals surface area contributed by atoms with Crippen molar-refractivity contribution < 1.29 is 9.53 Å². The van der Waals surface area contributed by atoms with E-state index in [1.165, 1.54) is 0 Å². The second-order valence-corrected chi connectivity index (χ2v) is 4.25. The third-order valence-corrected chi connectivity index (χ3v) is 3.22. The van der Waals surface area contributed by atoms with Gasteiger partial charge < -0.3 is 14.6 Å². The number of methoxy groups -OCH3 is 1. The molecule has 3 rings (SSSR count). The Bertz CT molecular complexity index is 570. The highest BCUT2D eigenvalue weighted by atomic mass is 16.5. The Labute approximate surface area is 99.2 Å². The van der Waals surface area contributed by atoms with E-state index in [1.807, 2.05) is 29.2 Å². The van der Waals surface area contributed by atoms with Crippen LogP contribution in [0.1, 0.15) is 16.9 Å². The van der Waals surface area contributed by atoms with Crippen molar-refractivity contribution in [1.29, 1.82) is 0 Å². The zero-order valence-corrected chi connectivity index (χ0v) is 9.69. The molecule has 1 fully saturated rings. The summed E-state index contributed by atoms with van der Waals surface area (Å²) in [6.07, 6.45) is 1.11. The van der Waals surface area contributed by atoms with Crippen molar-refractivity contribution in [2.24, 2.45) is 0 Å². The number of amides is 1. The van der Waals surface area contributed by atoms with E-state index >= 15 is 0 Å². The fourth-order valence-electron chi connectivity index (χ4n) is 2.11. The third kappa shape index (κ3) is 1.56. The normalized spacial score (nSPS) is 14.8. The van der Waals surface area contributed by atoms with Crippen LogP contribution < -0.4 is 4.74 Å². The van der Waals surface area contributed by atoms with Gasteiger partial charge in [0, 0.05) is 24.0 Å². The molecule has 0 unspecified atom stereocenters. The number of hydrogen-bond acceptors (Lipinski definition) is 2. The Morgan fingerprint density at radius 1 is 1.41 bits per heavy atom. The van der Waals surface area contributed by atoms with Gasteiger partial charge in [-0.05, 0) is 24.6 Å². The van der Waals surface area contributed by atoms with E-state index in [-0.39, 0.29) is 5.91 Å². The number of carbonyl (C=O) groups is 1. The molecule has 1 amide bonds. The summed E-state index contributed by atoms with van der Waals surface area (Å²) in [6.45, 7) is 1.73. The first-order valence-corrected chi connectivity index (χ1v) is 5.74. The summed E-state index contributed by atoms with van der Waals surface area (Å²) in [4.78, 5) is 17.0. The van der Waals surface area contributed by atoms with Crippen LogP contribution >= 0.6 is 0 Å². The van der Waals surface area contributed by atoms with Gasteiger partial charge in [0.25, 0.3) is 5.91 Å². The highest BCUT2D eigenvalue weighted by Gasteiger charge is 2.23. The first kappa shape index (κ1) is 10.2. The van der Waals surface area contributed by atoms with Gasteiger partial charge in [0.2, 0.25) is 0 Å². The lowest BCUT2D eigenvalue weighted by Crippen LogP contribution is -2.42. The molecule has 0 saturated carbocycles. The quantitative estimate of drug-likeness (QED) is 0.857. The number of H-pyrrole nitrogens is 1. The van der Waals surface area contributed by atoms with E-state index in [0.29, 0.717) is 5.69 Å². The molecule has 4 nitrogen and oxygen atoms in total. The lowest BCUT2D eigenvalue weighted by Gasteiger charge is -2.30. The zero-order chi connectivity index (χ0) is 11.8. The number of nitrogens with zero attached hydrogens (tertiary/aromatic N) is 1. The van der Waals surface area contributed by atoms with Gasteiger partial charge in [-0.2, -0.15) is 0 Å². The summed E-state index contributed by atoms with van der Waals surface area (Å²) < 4.78 is 5.28. The second-order valence-electron chi connectivity index (χ2n) is 4.25. The summed E-state index contributed by atoms with van der Waals surface area (Å²) in [5.74, 6) is 0.871. The first-order chi connectivity index (χ1) is 8.29. The number of aromatic nitrogens is 1. The number of hydrogen-bond donors (Lipinski definition) is 1. The van der Waals surface area contributed by atoms with E-state index in [2.05, 4.69) is 4.98 Å². The lowest BCUT2D eigenvalue weighted by atomic mass is 10.2. The van der Waals surface area contributed by atoms with Crippen molar-refractivity contribution in [2.45, 2.75) is 6.42 Å². The van der Waals surface area contributed by atoms with E-state index in [0.717, 1.165) is 36.2 Å². The van der Waals surface area contributed by atoms with Crippen molar-refractivity contribution in [3.63, 3.8) is 0 Å². The molecule has 17 heavy (non-hydrogen) atoms. The van der Waals surface area contributed by atoms with E-state index in [1.54, 1.807) is 7.11 Å². The molecule has 1 aromatic carbocycles. The van der Waals surface area contributed by atoms with Crippen molar-refractivity contribution in [3.8, 4) is 5.75 Å². The Kier molecular flexibility index (Phi) is 2.28. The summed E-state index contributed by atoms with van der Waals surface area (Å²) in [5.41, 5.74) is 1.58. The minimum Gasteiger partial charge on any atom is -0.496 e. The molecular weight excluding hydrogens is 216 g/mol. The summed E-state index contributed by atoms with van der Waals surface area (Å²) in [7, 11) is 1.64. The Balaban J connectivity index is 2.03. The highest BCUT2D eigenvalue weighted by molar-refractivity contribution is 5.99. The fraction of sp³-hybridized carbons (Fsp3) is 0.308. The zero-order valence-electron chi connectivity index (χ0n) is 9.69. The predicted molar refractivity (Wildman–Crippen MR) is 65.4 cm³/mol. The maximum absolute atomic E-state index is 12.1. The predicted octanol–water partition coefficient (Wildman–Crippen LogP) is 2.02. The van der Waals surface area contributed by atoms with Crippen LogP contribution in [0.5, 0.6) is 5.75 Å². The molecule has 1 aliphatic rings. The van der Waals surface area contributed by atoms with Crippen molar-refractivity contribution >= 4 is 16.8 Å². The van der Waals surface area contributed by atoms with Gasteiger partial charge in [-0.3, -0.25) is 4.79 Å². The molecule has 1 saturated heterocycles. The molecular formula is C13H14N2O2. The smallest absolute Gasteiger partial charge is 0.270 e. The minimum absolute atomic E-state index is 0.0782. The molecule has 0 aliphatic carbocycles. The number of nitrogens with one attached hydrogen (secondary N) is 1. The molecule has 1 aliphatic heterocycles. The Morgan fingerprint density at radius 2 is 2.24 bits per heavy atom. The van der Waals surface area contributed by atoms with Crippen LogP contribution in [0.15, 0.2) is 24.3 Å². The number of carbonyl (C=O) groups excluding carboxylic acids is 1. The van der Waals surface area contributed by atoms with Gasteiger partial charge in [-0.15, -0.1) is 0 Å². The van der Waals surface area contributed by atoms with Gasteiger partial charge >= 0.3 is 0 Å². The molecule has 2 aromatic rings. The first-order valence-electron chi connectivity index (χ1n) is 5.74. The van der Waals surface area contributed by atoms with Crippen LogP contribution in [0.2, 0.25) is 0 Å². The number of benzene rings is 1. The van der Waals surface area contributed by atoms with Crippen LogP contribution in [0.4, 0.5) is 0 Å². The van der Waals surface area contributed by atoms with Gasteiger partial charge in [0.05, 0.1) is 7.11 Å². The summed E-state index contributed by atoms with van der Waals surface area (Å²) >= 11 is 0. The monoisotopic (exact) mass is 230 g/mol. The largest absolute Gasteiger partial charge is 0.496 e. The molecule has 0 spiro atoms. The molecule has 0 radical (unpaired) electrons. The van der Waals surface area contributed by atoms with Crippen LogP contribution in [-0.4, -0.2) is 36.0 Å². The standard InChI is InChI=1S/C13H14N2O2/c1-17-12-5-2-4-10-9(12)8-11(14-10)13(16)15-6-3-7-15/h2,4-5,8,14H,3,6-7H2,1H3. The Morgan fingerprint density at radius 3 is 2.88 bits per heavy atom. The molecule has 88 valence electrons. The highest BCUT2D eigenvalue weighted by Crippen LogP contribution is 2.26. The summed E-state index contributed by atoms with van der Waals surface area (Å²) in [6, 6.07) is 7.63. The van der Waals surface area contributed by atoms with Gasteiger partial charge in [0.15, 0.2) is 0 Å². The molecule has 1 N–H and O–H groups in total. The van der Waals surface area contributed by atoms with Crippen LogP contribution in [0.25, 0.3) is 10.9 Å². The number of fused-ring (bicyclic) bond motifs is 1. The van der Waals surface area contributed by atoms with Crippen molar-refractivity contribution in [3.05, 3.63) is 30.0 Å². The number of ether oxygens (including phenoxy) is 1. The summed E-state index contributed by atoms with van der Waals surface area (Å²) in [5, 5.41) is 0.957. The van der Waals surface area contributed by atoms with Crippen LogP contribution in [0.3, 0.4) is 0 Å². The van der Waals surface area contributed by atoms with Gasteiger partial charge in [0.1, 0.15) is 11.4 Å². The van der Waals surface area contributed by atoms with E-state index in [4.69, 9.17) is 4.74 Å². The third-order valence-electron chi connectivity index (χ3n) is 3.22. The SMILES string of the molecule is COc1cccc2[nH]c(C(=O)N3CCC3)cc12. The second kappa shape index (κ2) is 3.80. The van der Waals surface area contributed by atoms with E-state index in [9.17, 15) is 4.79 Å². The van der Waals surface area contributed by atoms with Crippen molar-refractivity contribution in [2.75, 3.05) is 20.2 Å². The maximum Gasteiger partial charge on any atom is 0.270 e. The molecule has 4 heteroatoms. The van der Waals surface area contributed by atoms with Gasteiger partial charge in [-0.1, -0.05) is 6.07 Å². The number of aromatic amines is 1. The maximum atomic E-state index is 12.1.